The lowest BCUT2D eigenvalue weighted by atomic mass is 9.97. The molecule has 2 aromatic carbocycles. The molecule has 3 aromatic heterocycles. The largest absolute Gasteiger partial charge is 0.284 e. The van der Waals surface area contributed by atoms with Crippen LogP contribution < -0.4 is 0 Å². The van der Waals surface area contributed by atoms with Crippen LogP contribution in [0.1, 0.15) is 5.56 Å². The predicted molar refractivity (Wildman–Crippen MR) is 112 cm³/mol. The minimum absolute atomic E-state index is 0.372. The Balaban J connectivity index is 1.63. The number of thiophene rings is 1. The van der Waals surface area contributed by atoms with Crippen molar-refractivity contribution < 1.29 is 4.39 Å². The molecule has 0 saturated heterocycles. The number of rotatable bonds is 3. The molecule has 0 aliphatic rings. The second-order valence-electron chi connectivity index (χ2n) is 6.49. The zero-order valence-corrected chi connectivity index (χ0v) is 15.9. The average molecular weight is 396 g/mol. The van der Waals surface area contributed by atoms with E-state index >= 15 is 0 Å². The summed E-state index contributed by atoms with van der Waals surface area (Å²) in [6.45, 7) is 0. The first-order valence-corrected chi connectivity index (χ1v) is 9.85. The van der Waals surface area contributed by atoms with Crippen LogP contribution in [0.5, 0.6) is 0 Å². The summed E-state index contributed by atoms with van der Waals surface area (Å²) in [6, 6.07) is 18.0. The smallest absolute Gasteiger partial charge is 0.234 e. The van der Waals surface area contributed by atoms with Gasteiger partial charge in [0.1, 0.15) is 5.82 Å². The summed E-state index contributed by atoms with van der Waals surface area (Å²) in [5.41, 5.74) is 4.91. The molecule has 4 nitrogen and oxygen atoms in total. The molecule has 0 amide bonds. The SMILES string of the molecule is N#Cc1ccccc1-c1cc(-c2cnc3nc(-c4ccsc4)ccn23)ccc1F. The van der Waals surface area contributed by atoms with E-state index in [9.17, 15) is 9.65 Å². The van der Waals surface area contributed by atoms with Crippen LogP contribution in [0.2, 0.25) is 0 Å². The van der Waals surface area contributed by atoms with Gasteiger partial charge in [0, 0.05) is 33.8 Å². The molecule has 0 unspecified atom stereocenters. The van der Waals surface area contributed by atoms with Gasteiger partial charge in [0.05, 0.1) is 29.2 Å². The maximum absolute atomic E-state index is 14.6. The minimum Gasteiger partial charge on any atom is -0.284 e. The zero-order chi connectivity index (χ0) is 19.8. The first-order valence-electron chi connectivity index (χ1n) is 8.91. The van der Waals surface area contributed by atoms with E-state index in [4.69, 9.17) is 0 Å². The maximum atomic E-state index is 14.6. The molecular weight excluding hydrogens is 383 g/mol. The van der Waals surface area contributed by atoms with Crippen LogP contribution in [-0.4, -0.2) is 14.4 Å². The van der Waals surface area contributed by atoms with Crippen LogP contribution in [0.3, 0.4) is 0 Å². The highest BCUT2D eigenvalue weighted by molar-refractivity contribution is 7.08. The Hall–Kier alpha value is -3.82. The molecule has 0 N–H and O–H groups in total. The van der Waals surface area contributed by atoms with Crippen molar-refractivity contribution in [3.8, 4) is 39.7 Å². The number of benzene rings is 2. The van der Waals surface area contributed by atoms with E-state index in [1.54, 1.807) is 53.9 Å². The maximum Gasteiger partial charge on any atom is 0.234 e. The summed E-state index contributed by atoms with van der Waals surface area (Å²) in [6.07, 6.45) is 3.65. The highest BCUT2D eigenvalue weighted by Gasteiger charge is 2.14. The van der Waals surface area contributed by atoms with Crippen molar-refractivity contribution in [2.75, 3.05) is 0 Å². The van der Waals surface area contributed by atoms with Gasteiger partial charge in [0.2, 0.25) is 5.78 Å². The van der Waals surface area contributed by atoms with Gasteiger partial charge in [-0.3, -0.25) is 4.40 Å². The van der Waals surface area contributed by atoms with E-state index in [-0.39, 0.29) is 5.82 Å². The van der Waals surface area contributed by atoms with Crippen LogP contribution in [0.25, 0.3) is 39.4 Å². The number of nitrogens with zero attached hydrogens (tertiary/aromatic N) is 4. The van der Waals surface area contributed by atoms with Crippen LogP contribution in [0.15, 0.2) is 77.8 Å². The van der Waals surface area contributed by atoms with Crippen molar-refractivity contribution in [3.63, 3.8) is 0 Å². The molecule has 0 bridgehead atoms. The highest BCUT2D eigenvalue weighted by atomic mass is 32.1. The number of hydrogen-bond donors (Lipinski definition) is 0. The monoisotopic (exact) mass is 396 g/mol. The van der Waals surface area contributed by atoms with E-state index in [2.05, 4.69) is 16.0 Å². The molecule has 0 aliphatic heterocycles. The van der Waals surface area contributed by atoms with Crippen molar-refractivity contribution in [1.29, 1.82) is 5.26 Å². The second kappa shape index (κ2) is 6.97. The molecule has 0 fully saturated rings. The molecule has 0 aliphatic carbocycles. The lowest BCUT2D eigenvalue weighted by Gasteiger charge is -2.09. The first-order chi connectivity index (χ1) is 14.2. The van der Waals surface area contributed by atoms with Crippen molar-refractivity contribution in [2.45, 2.75) is 0 Å². The molecule has 0 radical (unpaired) electrons. The summed E-state index contributed by atoms with van der Waals surface area (Å²) < 4.78 is 16.5. The normalized spacial score (nSPS) is 10.9. The quantitative estimate of drug-likeness (QED) is 0.387. The van der Waals surface area contributed by atoms with Crippen LogP contribution >= 0.6 is 11.3 Å². The van der Waals surface area contributed by atoms with Gasteiger partial charge in [-0.1, -0.05) is 18.2 Å². The average Bonchev–Trinajstić information content (AvgIpc) is 3.44. The zero-order valence-electron chi connectivity index (χ0n) is 15.1. The third-order valence-corrected chi connectivity index (χ3v) is 5.48. The van der Waals surface area contributed by atoms with E-state index in [0.717, 1.165) is 22.5 Å². The Bertz CT molecular complexity index is 1380. The van der Waals surface area contributed by atoms with Gasteiger partial charge >= 0.3 is 0 Å². The van der Waals surface area contributed by atoms with Gasteiger partial charge in [-0.05, 0) is 41.8 Å². The van der Waals surface area contributed by atoms with Gasteiger partial charge in [-0.25, -0.2) is 14.4 Å². The Morgan fingerprint density at radius 3 is 2.72 bits per heavy atom. The van der Waals surface area contributed by atoms with Gasteiger partial charge in [-0.2, -0.15) is 16.6 Å². The molecule has 5 rings (SSSR count). The van der Waals surface area contributed by atoms with Crippen molar-refractivity contribution in [2.24, 2.45) is 0 Å². The lowest BCUT2D eigenvalue weighted by Crippen LogP contribution is -1.94. The van der Waals surface area contributed by atoms with Gasteiger partial charge in [-0.15, -0.1) is 0 Å². The van der Waals surface area contributed by atoms with Gasteiger partial charge in [0.25, 0.3) is 0 Å². The fourth-order valence-electron chi connectivity index (χ4n) is 3.36. The van der Waals surface area contributed by atoms with Crippen molar-refractivity contribution in [3.05, 3.63) is 89.1 Å². The van der Waals surface area contributed by atoms with E-state index in [1.807, 2.05) is 33.5 Å². The van der Waals surface area contributed by atoms with Gasteiger partial charge < -0.3 is 0 Å². The molecule has 3 heterocycles. The molecular formula is C23H13FN4S. The lowest BCUT2D eigenvalue weighted by molar-refractivity contribution is 0.631. The molecule has 0 atom stereocenters. The Labute approximate surface area is 170 Å². The summed E-state index contributed by atoms with van der Waals surface area (Å²) >= 11 is 1.62. The fraction of sp³-hybridized carbons (Fsp3) is 0. The number of aromatic nitrogens is 3. The molecule has 138 valence electrons. The Kier molecular flexibility index (Phi) is 4.15. The number of hydrogen-bond acceptors (Lipinski definition) is 4. The third-order valence-electron chi connectivity index (χ3n) is 4.80. The summed E-state index contributed by atoms with van der Waals surface area (Å²) in [7, 11) is 0. The van der Waals surface area contributed by atoms with Crippen LogP contribution in [0.4, 0.5) is 4.39 Å². The minimum atomic E-state index is -0.372. The predicted octanol–water partition coefficient (Wildman–Crippen LogP) is 5.80. The molecule has 0 saturated carbocycles. The molecule has 6 heteroatoms. The first kappa shape index (κ1) is 17.3. The Morgan fingerprint density at radius 2 is 1.90 bits per heavy atom. The molecule has 29 heavy (non-hydrogen) atoms. The van der Waals surface area contributed by atoms with E-state index < -0.39 is 0 Å². The number of halogens is 1. The molecule has 0 spiro atoms. The summed E-state index contributed by atoms with van der Waals surface area (Å²) in [5.74, 6) is 0.204. The Morgan fingerprint density at radius 1 is 1.00 bits per heavy atom. The summed E-state index contributed by atoms with van der Waals surface area (Å²) in [5, 5.41) is 13.4. The van der Waals surface area contributed by atoms with Crippen molar-refractivity contribution >= 4 is 17.1 Å². The van der Waals surface area contributed by atoms with Gasteiger partial charge in [0.15, 0.2) is 0 Å². The number of nitriles is 1. The van der Waals surface area contributed by atoms with Crippen molar-refractivity contribution in [1.82, 2.24) is 14.4 Å². The fourth-order valence-corrected chi connectivity index (χ4v) is 4.01. The standard InChI is InChI=1S/C23H13FN4S/c24-20-6-5-15(11-19(20)18-4-2-1-3-16(18)12-25)22-13-26-23-27-21(7-9-28(22)23)17-8-10-29-14-17/h1-11,13-14H. The van der Waals surface area contributed by atoms with Crippen LogP contribution in [0, 0.1) is 17.1 Å². The topological polar surface area (TPSA) is 54.0 Å². The van der Waals surface area contributed by atoms with E-state index in [0.29, 0.717) is 22.5 Å². The van der Waals surface area contributed by atoms with Crippen LogP contribution in [-0.2, 0) is 0 Å². The third kappa shape index (κ3) is 2.98. The molecule has 5 aromatic rings. The summed E-state index contributed by atoms with van der Waals surface area (Å²) in [4.78, 5) is 9.06. The second-order valence-corrected chi connectivity index (χ2v) is 7.27. The number of imidazole rings is 1. The van der Waals surface area contributed by atoms with E-state index in [1.165, 1.54) is 6.07 Å². The number of fused-ring (bicyclic) bond motifs is 1. The highest BCUT2D eigenvalue weighted by Crippen LogP contribution is 2.31.